The molecular formula is C13H30OSn. The molecule has 8 radical (unpaired) electrons. The second kappa shape index (κ2) is 61.2. The second-order valence-corrected chi connectivity index (χ2v) is 2.56. The molecule has 0 aromatic carbocycles. The first-order chi connectivity index (χ1) is 6.74. The predicted octanol–water partition coefficient (Wildman–Crippen LogP) is 4.53. The molecule has 0 N–H and O–H groups in total. The average molecular weight is 321 g/mol. The molecule has 0 rings (SSSR count). The zero-order valence-electron chi connectivity index (χ0n) is 11.3. The molecule has 0 heterocycles. The van der Waals surface area contributed by atoms with Crippen molar-refractivity contribution in [3.05, 3.63) is 20.8 Å². The molecule has 0 saturated carbocycles. The summed E-state index contributed by atoms with van der Waals surface area (Å²) < 4.78 is 0. The largest absolute Gasteiger partial charge is 0.240 e. The van der Waals surface area contributed by atoms with E-state index in [0.717, 1.165) is 26.4 Å². The summed E-state index contributed by atoms with van der Waals surface area (Å²) in [7, 11) is 0.750. The Bertz CT molecular complexity index is 26.0. The summed E-state index contributed by atoms with van der Waals surface area (Å²) in [4.78, 5) is 0. The fourth-order valence-corrected chi connectivity index (χ4v) is 0. The third-order valence-corrected chi connectivity index (χ3v) is 1.06. The third-order valence-electron chi connectivity index (χ3n) is 1.06. The number of hydrogen-bond donors (Lipinski definition) is 0. The van der Waals surface area contributed by atoms with Crippen molar-refractivity contribution >= 4 is 23.9 Å². The van der Waals surface area contributed by atoms with Crippen molar-refractivity contribution < 1.29 is 5.11 Å². The molecule has 0 fully saturated rings. The van der Waals surface area contributed by atoms with Crippen molar-refractivity contribution in [3.8, 4) is 0 Å². The molecule has 0 aliphatic rings. The third kappa shape index (κ3) is 170. The molecule has 0 unspecified atom stereocenters. The van der Waals surface area contributed by atoms with Gasteiger partial charge in [-0.1, -0.05) is 80.1 Å². The van der Waals surface area contributed by atoms with E-state index in [0.29, 0.717) is 0 Å². The minimum Gasteiger partial charge on any atom is -0.240 e. The van der Waals surface area contributed by atoms with Crippen LogP contribution in [-0.2, 0) is 5.11 Å². The molecule has 1 nitrogen and oxygen atoms in total. The van der Waals surface area contributed by atoms with Gasteiger partial charge in [0, 0.05) is 23.9 Å². The molecule has 0 aromatic heterocycles. The summed E-state index contributed by atoms with van der Waals surface area (Å²) in [5.41, 5.74) is 0. The zero-order chi connectivity index (χ0) is 12.2. The Balaban J connectivity index is -0.0000000298. The van der Waals surface area contributed by atoms with Gasteiger partial charge in [0.2, 0.25) is 0 Å². The Morgan fingerprint density at radius 1 is 0.667 bits per heavy atom. The fraction of sp³-hybridized carbons (Fsp3) is 0.769. The molecule has 2 heteroatoms. The van der Waals surface area contributed by atoms with Gasteiger partial charge in [-0.25, -0.2) is 5.11 Å². The monoisotopic (exact) mass is 322 g/mol. The molecule has 15 heavy (non-hydrogen) atoms. The summed E-state index contributed by atoms with van der Waals surface area (Å²) in [6.45, 7) is 17.2. The van der Waals surface area contributed by atoms with Gasteiger partial charge in [0.1, 0.15) is 0 Å². The van der Waals surface area contributed by atoms with Crippen LogP contribution in [0.4, 0.5) is 0 Å². The molecule has 0 saturated heterocycles. The summed E-state index contributed by atoms with van der Waals surface area (Å²) in [6.07, 6.45) is 6.83. The number of rotatable bonds is 3. The quantitative estimate of drug-likeness (QED) is 0.681. The summed E-state index contributed by atoms with van der Waals surface area (Å²) in [5.74, 6) is 0. The van der Waals surface area contributed by atoms with E-state index in [4.69, 9.17) is 5.11 Å². The maximum absolute atomic E-state index is 8.25. The van der Waals surface area contributed by atoms with Gasteiger partial charge in [-0.3, -0.25) is 0 Å². The van der Waals surface area contributed by atoms with Crippen LogP contribution in [0.5, 0.6) is 0 Å². The predicted molar refractivity (Wildman–Crippen MR) is 73.2 cm³/mol. The smallest absolute Gasteiger partial charge is 0.0712 e. The summed E-state index contributed by atoms with van der Waals surface area (Å²) in [5, 5.41) is 8.25. The van der Waals surface area contributed by atoms with E-state index < -0.39 is 0 Å². The molecule has 92 valence electrons. The molecular weight excluding hydrogens is 291 g/mol. The van der Waals surface area contributed by atoms with Crippen LogP contribution in [-0.4, -0.2) is 31.0 Å². The zero-order valence-corrected chi connectivity index (χ0v) is 14.1. The minimum absolute atomic E-state index is 0. The van der Waals surface area contributed by atoms with Gasteiger partial charge < -0.3 is 0 Å². The van der Waals surface area contributed by atoms with Gasteiger partial charge in [-0.05, 0) is 0 Å². The van der Waals surface area contributed by atoms with Crippen LogP contribution >= 0.6 is 0 Å². The molecule has 0 bridgehead atoms. The Labute approximate surface area is 116 Å². The fourth-order valence-electron chi connectivity index (χ4n) is 0. The van der Waals surface area contributed by atoms with E-state index in [-0.39, 0.29) is 23.9 Å². The SMILES string of the molecule is C[O].[CH2]CCC.[CH2]CCC.[CH2]CCC.[Sn]. The van der Waals surface area contributed by atoms with Crippen LogP contribution < -0.4 is 0 Å². The van der Waals surface area contributed by atoms with Crippen molar-refractivity contribution in [2.75, 3.05) is 7.11 Å². The first-order valence-electron chi connectivity index (χ1n) is 5.53. The van der Waals surface area contributed by atoms with E-state index in [1.165, 1.54) is 19.3 Å². The van der Waals surface area contributed by atoms with Gasteiger partial charge >= 0.3 is 0 Å². The van der Waals surface area contributed by atoms with Gasteiger partial charge in [-0.2, -0.15) is 0 Å². The van der Waals surface area contributed by atoms with Crippen LogP contribution in [0.2, 0.25) is 0 Å². The van der Waals surface area contributed by atoms with Crippen LogP contribution in [0.15, 0.2) is 0 Å². The van der Waals surface area contributed by atoms with Crippen molar-refractivity contribution in [2.24, 2.45) is 0 Å². The van der Waals surface area contributed by atoms with Crippen molar-refractivity contribution in [2.45, 2.75) is 59.3 Å². The number of hydrogen-bond acceptors (Lipinski definition) is 0. The van der Waals surface area contributed by atoms with Crippen molar-refractivity contribution in [1.82, 2.24) is 0 Å². The molecule has 0 atom stereocenters. The van der Waals surface area contributed by atoms with Crippen molar-refractivity contribution in [1.29, 1.82) is 0 Å². The van der Waals surface area contributed by atoms with Gasteiger partial charge in [0.05, 0.1) is 7.11 Å². The molecule has 0 aromatic rings. The van der Waals surface area contributed by atoms with Crippen LogP contribution in [0.25, 0.3) is 0 Å². The topological polar surface area (TPSA) is 19.9 Å². The van der Waals surface area contributed by atoms with Gasteiger partial charge in [0.25, 0.3) is 0 Å². The van der Waals surface area contributed by atoms with E-state index in [1.807, 2.05) is 0 Å². The maximum Gasteiger partial charge on any atom is 0.0712 e. The summed E-state index contributed by atoms with van der Waals surface area (Å²) >= 11 is 0. The van der Waals surface area contributed by atoms with E-state index in [9.17, 15) is 0 Å². The first-order valence-corrected chi connectivity index (χ1v) is 5.53. The second-order valence-electron chi connectivity index (χ2n) is 2.56. The van der Waals surface area contributed by atoms with Gasteiger partial charge in [-0.15, -0.1) is 0 Å². The molecule has 0 aliphatic heterocycles. The van der Waals surface area contributed by atoms with Gasteiger partial charge in [0.15, 0.2) is 0 Å². The molecule has 0 amide bonds. The Hall–Kier alpha value is 0.759. The molecule has 0 aliphatic carbocycles. The minimum atomic E-state index is 0. The Kier molecular flexibility index (Phi) is 121. The Morgan fingerprint density at radius 2 is 0.733 bits per heavy atom. The summed E-state index contributed by atoms with van der Waals surface area (Å²) in [6, 6.07) is 0. The normalized spacial score (nSPS) is 6.40. The van der Waals surface area contributed by atoms with Crippen LogP contribution in [0, 0.1) is 20.8 Å². The van der Waals surface area contributed by atoms with Crippen LogP contribution in [0.1, 0.15) is 59.3 Å². The van der Waals surface area contributed by atoms with E-state index in [2.05, 4.69) is 41.5 Å². The Morgan fingerprint density at radius 3 is 0.733 bits per heavy atom. The van der Waals surface area contributed by atoms with Crippen LogP contribution in [0.3, 0.4) is 0 Å². The van der Waals surface area contributed by atoms with E-state index >= 15 is 0 Å². The first kappa shape index (κ1) is 29.7. The van der Waals surface area contributed by atoms with Crippen molar-refractivity contribution in [3.63, 3.8) is 0 Å². The number of unbranched alkanes of at least 4 members (excludes halogenated alkanes) is 3. The standard InChI is InChI=1S/3C4H9.CH3O.Sn/c3*1-3-4-2;1-2;/h3*1,3-4H2,2H3;1H3;. The van der Waals surface area contributed by atoms with E-state index in [1.54, 1.807) is 0 Å². The maximum atomic E-state index is 8.25. The molecule has 0 spiro atoms. The average Bonchev–Trinajstić information content (AvgIpc) is 2.31.